The number of benzene rings is 3. The molecule has 0 bridgehead atoms. The highest BCUT2D eigenvalue weighted by Crippen LogP contribution is 2.45. The molecular weight excluding hydrogens is 536 g/mol. The summed E-state index contributed by atoms with van der Waals surface area (Å²) in [6.45, 7) is -0.514. The van der Waals surface area contributed by atoms with E-state index in [1.54, 1.807) is 17.0 Å². The van der Waals surface area contributed by atoms with Crippen molar-refractivity contribution in [3.05, 3.63) is 101 Å². The Kier molecular flexibility index (Phi) is 8.58. The number of ketones is 1. The summed E-state index contributed by atoms with van der Waals surface area (Å²) in [5, 5.41) is 39.9. The van der Waals surface area contributed by atoms with Crippen LogP contribution in [0.2, 0.25) is 0 Å². The molecule has 0 saturated carbocycles. The van der Waals surface area contributed by atoms with E-state index in [0.717, 1.165) is 11.1 Å². The molecule has 1 amide bonds. The van der Waals surface area contributed by atoms with Crippen LogP contribution in [0.15, 0.2) is 72.8 Å². The maximum absolute atomic E-state index is 13.6. The summed E-state index contributed by atoms with van der Waals surface area (Å²) >= 11 is 0. The molecule has 5 rings (SSSR count). The van der Waals surface area contributed by atoms with Gasteiger partial charge in [0.05, 0.1) is 24.7 Å². The van der Waals surface area contributed by atoms with Gasteiger partial charge in [-0.3, -0.25) is 9.59 Å². The Morgan fingerprint density at radius 1 is 0.805 bits per heavy atom. The van der Waals surface area contributed by atoms with Gasteiger partial charge in [-0.25, -0.2) is 8.78 Å². The van der Waals surface area contributed by atoms with Crippen molar-refractivity contribution in [1.29, 1.82) is 0 Å². The van der Waals surface area contributed by atoms with Crippen LogP contribution in [0.1, 0.15) is 40.4 Å². The van der Waals surface area contributed by atoms with Crippen LogP contribution in [0, 0.1) is 17.6 Å². The summed E-state index contributed by atoms with van der Waals surface area (Å²) in [4.78, 5) is 27.6. The fourth-order valence-corrected chi connectivity index (χ4v) is 5.60. The number of halogens is 2. The van der Waals surface area contributed by atoms with Crippen molar-refractivity contribution < 1.29 is 43.5 Å². The van der Waals surface area contributed by atoms with E-state index in [9.17, 15) is 38.8 Å². The molecule has 0 unspecified atom stereocenters. The first-order valence-corrected chi connectivity index (χ1v) is 13.4. The third kappa shape index (κ3) is 5.93. The molecule has 2 heterocycles. The van der Waals surface area contributed by atoms with Gasteiger partial charge in [0.2, 0.25) is 5.91 Å². The lowest BCUT2D eigenvalue weighted by Gasteiger charge is -2.47. The molecular formula is C31H31F2NO7. The van der Waals surface area contributed by atoms with E-state index in [2.05, 4.69) is 0 Å². The third-order valence-electron chi connectivity index (χ3n) is 7.92. The summed E-state index contributed by atoms with van der Waals surface area (Å²) < 4.78 is 32.5. The largest absolute Gasteiger partial charge is 0.394 e. The van der Waals surface area contributed by atoms with Crippen LogP contribution >= 0.6 is 0 Å². The number of rotatable bonds is 9. The van der Waals surface area contributed by atoms with E-state index >= 15 is 0 Å². The normalized spacial score (nSPS) is 27.9. The summed E-state index contributed by atoms with van der Waals surface area (Å²) in [6, 6.07) is 17.7. The van der Waals surface area contributed by atoms with Gasteiger partial charge in [-0.1, -0.05) is 24.3 Å². The average Bonchev–Trinajstić information content (AvgIpc) is 2.98. The first-order chi connectivity index (χ1) is 19.7. The minimum absolute atomic E-state index is 0.0883. The quantitative estimate of drug-likeness (QED) is 0.231. The molecule has 10 heteroatoms. The Morgan fingerprint density at radius 2 is 1.39 bits per heavy atom. The van der Waals surface area contributed by atoms with E-state index in [-0.39, 0.29) is 31.0 Å². The first-order valence-electron chi connectivity index (χ1n) is 13.4. The van der Waals surface area contributed by atoms with E-state index < -0.39 is 60.7 Å². The zero-order chi connectivity index (χ0) is 29.3. The van der Waals surface area contributed by atoms with Gasteiger partial charge in [0.1, 0.15) is 36.1 Å². The number of β-lactam (4-membered cyclic amide) rings is 1. The van der Waals surface area contributed by atoms with Crippen LogP contribution in [0.25, 0.3) is 0 Å². The number of hydrogen-bond acceptors (Lipinski definition) is 7. The number of hydrogen-bond donors (Lipinski definition) is 4. The van der Waals surface area contributed by atoms with Crippen molar-refractivity contribution in [1.82, 2.24) is 0 Å². The SMILES string of the molecule is O=C(CC[C@H]1C(=O)N(c2ccc(F)cc2)[C@@H]1c1ccc(C[C@@H]2O[C@H](CO)[C@@H](O)[C@H](O)[C@@H]2O)cc1)c1ccc(F)cc1. The Hall–Kier alpha value is -3.54. The van der Waals surface area contributed by atoms with Gasteiger partial charge in [-0.2, -0.15) is 0 Å². The van der Waals surface area contributed by atoms with E-state index in [4.69, 9.17) is 4.74 Å². The number of carbonyl (C=O) groups is 2. The fourth-order valence-electron chi connectivity index (χ4n) is 5.60. The molecule has 0 spiro atoms. The van der Waals surface area contributed by atoms with E-state index in [1.165, 1.54) is 48.5 Å². The van der Waals surface area contributed by atoms with Gasteiger partial charge in [0.25, 0.3) is 0 Å². The van der Waals surface area contributed by atoms with Gasteiger partial charge in [-0.15, -0.1) is 0 Å². The molecule has 2 fully saturated rings. The van der Waals surface area contributed by atoms with Crippen molar-refractivity contribution in [3.8, 4) is 0 Å². The number of Topliss-reactive ketones (excluding diaryl/α,β-unsaturated/α-hetero) is 1. The topological polar surface area (TPSA) is 128 Å². The second-order valence-electron chi connectivity index (χ2n) is 10.5. The molecule has 3 aromatic rings. The first kappa shape index (κ1) is 29.0. The standard InChI is InChI=1S/C31H31F2NO7/c32-20-7-5-18(6-8-20)24(36)14-13-23-27(34(31(23)40)22-11-9-21(33)10-12-22)19-3-1-17(2-4-19)15-25-28(37)30(39)29(38)26(16-35)41-25/h1-12,23,25-30,35,37-39H,13-16H2/t23-,25+,26-,27-,28-,29-,30-/m1/s1. The Balaban J connectivity index is 1.34. The Labute approximate surface area is 235 Å². The lowest BCUT2D eigenvalue weighted by atomic mass is 9.78. The van der Waals surface area contributed by atoms with Crippen LogP contribution in [0.4, 0.5) is 14.5 Å². The molecule has 2 aliphatic rings. The van der Waals surface area contributed by atoms with E-state index in [1.807, 2.05) is 12.1 Å². The molecule has 0 aliphatic carbocycles. The molecule has 0 radical (unpaired) electrons. The summed E-state index contributed by atoms with van der Waals surface area (Å²) in [5.74, 6) is -1.79. The average molecular weight is 568 g/mol. The number of nitrogens with zero attached hydrogens (tertiary/aromatic N) is 1. The van der Waals surface area contributed by atoms with Crippen molar-refractivity contribution in [3.63, 3.8) is 0 Å². The lowest BCUT2D eigenvalue weighted by molar-refractivity contribution is -0.228. The highest BCUT2D eigenvalue weighted by atomic mass is 19.1. The predicted molar refractivity (Wildman–Crippen MR) is 144 cm³/mol. The smallest absolute Gasteiger partial charge is 0.233 e. The third-order valence-corrected chi connectivity index (χ3v) is 7.92. The van der Waals surface area contributed by atoms with Crippen LogP contribution in [0.5, 0.6) is 0 Å². The fraction of sp³-hybridized carbons (Fsp3) is 0.355. The second-order valence-corrected chi connectivity index (χ2v) is 10.5. The highest BCUT2D eigenvalue weighted by Gasteiger charge is 2.48. The van der Waals surface area contributed by atoms with Crippen LogP contribution in [0.3, 0.4) is 0 Å². The molecule has 8 nitrogen and oxygen atoms in total. The van der Waals surface area contributed by atoms with Gasteiger partial charge >= 0.3 is 0 Å². The maximum Gasteiger partial charge on any atom is 0.233 e. The summed E-state index contributed by atoms with van der Waals surface area (Å²) in [5.41, 5.74) is 2.42. The van der Waals surface area contributed by atoms with Crippen LogP contribution in [-0.2, 0) is 16.0 Å². The molecule has 7 atom stereocenters. The number of aliphatic hydroxyl groups excluding tert-OH is 4. The number of carbonyl (C=O) groups excluding carboxylic acids is 2. The lowest BCUT2D eigenvalue weighted by Crippen LogP contribution is -2.59. The number of ether oxygens (including phenoxy) is 1. The van der Waals surface area contributed by atoms with E-state index in [0.29, 0.717) is 11.3 Å². The molecule has 0 aromatic heterocycles. The second kappa shape index (κ2) is 12.1. The van der Waals surface area contributed by atoms with Gasteiger partial charge in [0.15, 0.2) is 5.78 Å². The minimum atomic E-state index is -1.46. The molecule has 216 valence electrons. The van der Waals surface area contributed by atoms with Gasteiger partial charge in [-0.05, 0) is 66.1 Å². The molecule has 4 N–H and O–H groups in total. The number of anilines is 1. The summed E-state index contributed by atoms with van der Waals surface area (Å²) in [7, 11) is 0. The molecule has 41 heavy (non-hydrogen) atoms. The van der Waals surface area contributed by atoms with Crippen LogP contribution < -0.4 is 4.90 Å². The van der Waals surface area contributed by atoms with Crippen molar-refractivity contribution >= 4 is 17.4 Å². The van der Waals surface area contributed by atoms with Crippen molar-refractivity contribution in [2.24, 2.45) is 5.92 Å². The monoisotopic (exact) mass is 567 g/mol. The molecule has 2 saturated heterocycles. The Morgan fingerprint density at radius 3 is 2.00 bits per heavy atom. The number of aliphatic hydroxyl groups is 4. The molecule has 3 aromatic carbocycles. The van der Waals surface area contributed by atoms with Crippen molar-refractivity contribution in [2.45, 2.75) is 55.8 Å². The predicted octanol–water partition coefficient (Wildman–Crippen LogP) is 2.72. The van der Waals surface area contributed by atoms with Crippen LogP contribution in [-0.4, -0.2) is 69.2 Å². The highest BCUT2D eigenvalue weighted by molar-refractivity contribution is 6.04. The van der Waals surface area contributed by atoms with Crippen molar-refractivity contribution in [2.75, 3.05) is 11.5 Å². The maximum atomic E-state index is 13.6. The zero-order valence-electron chi connectivity index (χ0n) is 22.0. The Bertz CT molecular complexity index is 1360. The van der Waals surface area contributed by atoms with Gasteiger partial charge in [0, 0.05) is 24.1 Å². The van der Waals surface area contributed by atoms with Gasteiger partial charge < -0.3 is 30.1 Å². The number of amides is 1. The zero-order valence-corrected chi connectivity index (χ0v) is 22.0. The molecule has 2 aliphatic heterocycles. The minimum Gasteiger partial charge on any atom is -0.394 e. The summed E-state index contributed by atoms with van der Waals surface area (Å²) in [6.07, 6.45) is -5.56.